The molecule has 4 nitrogen and oxygen atoms in total. The average Bonchev–Trinajstić information content (AvgIpc) is 2.95. The van der Waals surface area contributed by atoms with E-state index in [0.717, 1.165) is 49.7 Å². The zero-order valence-corrected chi connectivity index (χ0v) is 19.1. The Morgan fingerprint density at radius 1 is 0.903 bits per heavy atom. The molecular formula is C26H31ClN2O2. The predicted molar refractivity (Wildman–Crippen MR) is 130 cm³/mol. The molecule has 0 amide bonds. The lowest BCUT2D eigenvalue weighted by Crippen LogP contribution is -2.31. The molecule has 31 heavy (non-hydrogen) atoms. The maximum absolute atomic E-state index is 6.08. The standard InChI is InChI=1S/C26H30N2O2.ClH/c1-27(17-7-8-21-13-15-23(29-2)16-14-21)18-19-28-24-10-4-3-9-22(24)20-30-26-12-6-5-11-25(26)28;/h3-6,9-16H,7-8,17-20H2,1-2H3;1H. The van der Waals surface area contributed by atoms with Crippen LogP contribution >= 0.6 is 12.4 Å². The monoisotopic (exact) mass is 438 g/mol. The third kappa shape index (κ3) is 5.72. The molecule has 0 aromatic heterocycles. The minimum atomic E-state index is 0. The fourth-order valence-corrected chi connectivity index (χ4v) is 3.95. The molecule has 0 aliphatic carbocycles. The summed E-state index contributed by atoms with van der Waals surface area (Å²) in [6, 6.07) is 25.3. The molecule has 1 aliphatic rings. The number of anilines is 2. The summed E-state index contributed by atoms with van der Waals surface area (Å²) >= 11 is 0. The van der Waals surface area contributed by atoms with Crippen molar-refractivity contribution in [1.29, 1.82) is 0 Å². The van der Waals surface area contributed by atoms with E-state index in [4.69, 9.17) is 9.47 Å². The summed E-state index contributed by atoms with van der Waals surface area (Å²) in [6.45, 7) is 3.60. The fourth-order valence-electron chi connectivity index (χ4n) is 3.95. The van der Waals surface area contributed by atoms with E-state index in [0.29, 0.717) is 6.61 Å². The van der Waals surface area contributed by atoms with E-state index in [2.05, 4.69) is 71.4 Å². The maximum Gasteiger partial charge on any atom is 0.143 e. The van der Waals surface area contributed by atoms with Crippen molar-refractivity contribution in [3.63, 3.8) is 0 Å². The third-order valence-corrected chi connectivity index (χ3v) is 5.69. The van der Waals surface area contributed by atoms with Gasteiger partial charge in [-0.25, -0.2) is 0 Å². The van der Waals surface area contributed by atoms with Gasteiger partial charge in [-0.2, -0.15) is 0 Å². The lowest BCUT2D eigenvalue weighted by Gasteiger charge is -2.28. The number of rotatable bonds is 8. The zero-order chi connectivity index (χ0) is 20.8. The molecule has 0 unspecified atom stereocenters. The number of benzene rings is 3. The molecule has 164 valence electrons. The van der Waals surface area contributed by atoms with Crippen molar-refractivity contribution in [1.82, 2.24) is 4.90 Å². The number of ether oxygens (including phenoxy) is 2. The Labute approximate surface area is 191 Å². The van der Waals surface area contributed by atoms with Crippen molar-refractivity contribution < 1.29 is 9.47 Å². The van der Waals surface area contributed by atoms with Crippen LogP contribution in [-0.4, -0.2) is 38.7 Å². The van der Waals surface area contributed by atoms with Crippen LogP contribution in [0.25, 0.3) is 0 Å². The SMILES string of the molecule is COc1ccc(CCCN(C)CCN2c3ccccc3COc3ccccc32)cc1.Cl. The molecule has 1 heterocycles. The number of likely N-dealkylation sites (N-methyl/N-ethyl adjacent to an activating group) is 1. The Morgan fingerprint density at radius 3 is 2.39 bits per heavy atom. The van der Waals surface area contributed by atoms with Gasteiger partial charge in [0.2, 0.25) is 0 Å². The second-order valence-electron chi connectivity index (χ2n) is 7.79. The van der Waals surface area contributed by atoms with Gasteiger partial charge in [0, 0.05) is 24.3 Å². The molecule has 0 spiro atoms. The quantitative estimate of drug-likeness (QED) is 0.449. The minimum absolute atomic E-state index is 0. The van der Waals surface area contributed by atoms with Crippen molar-refractivity contribution in [2.75, 3.05) is 38.7 Å². The van der Waals surface area contributed by atoms with Gasteiger partial charge in [0.05, 0.1) is 12.8 Å². The Morgan fingerprint density at radius 2 is 1.61 bits per heavy atom. The molecule has 1 aliphatic heterocycles. The van der Waals surface area contributed by atoms with Gasteiger partial charge in [-0.15, -0.1) is 12.4 Å². The molecule has 3 aromatic carbocycles. The smallest absolute Gasteiger partial charge is 0.143 e. The highest BCUT2D eigenvalue weighted by atomic mass is 35.5. The summed E-state index contributed by atoms with van der Waals surface area (Å²) in [4.78, 5) is 4.82. The van der Waals surface area contributed by atoms with Crippen LogP contribution in [0.4, 0.5) is 11.4 Å². The van der Waals surface area contributed by atoms with Crippen LogP contribution in [-0.2, 0) is 13.0 Å². The summed E-state index contributed by atoms with van der Waals surface area (Å²) in [6.07, 6.45) is 2.22. The van der Waals surface area contributed by atoms with Crippen molar-refractivity contribution in [2.45, 2.75) is 19.4 Å². The maximum atomic E-state index is 6.08. The van der Waals surface area contributed by atoms with E-state index in [1.54, 1.807) is 7.11 Å². The van der Waals surface area contributed by atoms with E-state index in [9.17, 15) is 0 Å². The third-order valence-electron chi connectivity index (χ3n) is 5.69. The molecule has 4 rings (SSSR count). The summed E-state index contributed by atoms with van der Waals surface area (Å²) < 4.78 is 11.3. The highest BCUT2D eigenvalue weighted by molar-refractivity contribution is 5.85. The number of methoxy groups -OCH3 is 1. The molecule has 0 radical (unpaired) electrons. The summed E-state index contributed by atoms with van der Waals surface area (Å²) in [5.74, 6) is 1.87. The van der Waals surface area contributed by atoms with Crippen molar-refractivity contribution >= 4 is 23.8 Å². The Hall–Kier alpha value is -2.69. The number of hydrogen-bond donors (Lipinski definition) is 0. The predicted octanol–water partition coefficient (Wildman–Crippen LogP) is 5.71. The number of para-hydroxylation sites is 3. The molecule has 5 heteroatoms. The number of fused-ring (bicyclic) bond motifs is 2. The highest BCUT2D eigenvalue weighted by Crippen LogP contribution is 2.38. The van der Waals surface area contributed by atoms with Crippen LogP contribution in [0.2, 0.25) is 0 Å². The second-order valence-corrected chi connectivity index (χ2v) is 7.79. The van der Waals surface area contributed by atoms with E-state index in [-0.39, 0.29) is 12.4 Å². The van der Waals surface area contributed by atoms with Crippen LogP contribution in [0, 0.1) is 0 Å². The lowest BCUT2D eigenvalue weighted by molar-refractivity contribution is 0.310. The van der Waals surface area contributed by atoms with E-state index in [1.165, 1.54) is 16.8 Å². The molecule has 0 bridgehead atoms. The highest BCUT2D eigenvalue weighted by Gasteiger charge is 2.21. The van der Waals surface area contributed by atoms with Gasteiger partial charge in [-0.1, -0.05) is 42.5 Å². The number of hydrogen-bond acceptors (Lipinski definition) is 4. The first-order valence-electron chi connectivity index (χ1n) is 10.6. The van der Waals surface area contributed by atoms with Gasteiger partial charge >= 0.3 is 0 Å². The van der Waals surface area contributed by atoms with Crippen LogP contribution in [0.5, 0.6) is 11.5 Å². The Bertz CT molecular complexity index is 914. The van der Waals surface area contributed by atoms with Crippen molar-refractivity contribution in [2.24, 2.45) is 0 Å². The molecule has 0 saturated heterocycles. The molecule has 0 N–H and O–H groups in total. The largest absolute Gasteiger partial charge is 0.497 e. The average molecular weight is 439 g/mol. The zero-order valence-electron chi connectivity index (χ0n) is 18.3. The van der Waals surface area contributed by atoms with Gasteiger partial charge in [0.25, 0.3) is 0 Å². The molecule has 0 saturated carbocycles. The first-order chi connectivity index (χ1) is 14.7. The topological polar surface area (TPSA) is 24.9 Å². The Balaban J connectivity index is 0.00000272. The number of nitrogens with zero attached hydrogens (tertiary/aromatic N) is 2. The normalized spacial score (nSPS) is 12.3. The number of halogens is 1. The molecular weight excluding hydrogens is 408 g/mol. The van der Waals surface area contributed by atoms with Crippen LogP contribution < -0.4 is 14.4 Å². The van der Waals surface area contributed by atoms with Gasteiger partial charge in [-0.05, 0) is 62.3 Å². The van der Waals surface area contributed by atoms with Gasteiger partial charge in [0.1, 0.15) is 18.1 Å². The van der Waals surface area contributed by atoms with Crippen LogP contribution in [0.1, 0.15) is 17.5 Å². The summed E-state index contributed by atoms with van der Waals surface area (Å²) in [7, 11) is 3.91. The van der Waals surface area contributed by atoms with Gasteiger partial charge in [0.15, 0.2) is 0 Å². The summed E-state index contributed by atoms with van der Waals surface area (Å²) in [5, 5.41) is 0. The van der Waals surface area contributed by atoms with Crippen molar-refractivity contribution in [3.05, 3.63) is 83.9 Å². The Kier molecular flexibility index (Phi) is 8.21. The van der Waals surface area contributed by atoms with E-state index >= 15 is 0 Å². The van der Waals surface area contributed by atoms with Crippen LogP contribution in [0.15, 0.2) is 72.8 Å². The van der Waals surface area contributed by atoms with Gasteiger partial charge in [-0.3, -0.25) is 0 Å². The first kappa shape index (κ1) is 23.0. The summed E-state index contributed by atoms with van der Waals surface area (Å²) in [5.41, 5.74) is 4.98. The number of aryl methyl sites for hydroxylation is 1. The fraction of sp³-hybridized carbons (Fsp3) is 0.308. The minimum Gasteiger partial charge on any atom is -0.497 e. The lowest BCUT2D eigenvalue weighted by atomic mass is 10.1. The second kappa shape index (κ2) is 11.1. The van der Waals surface area contributed by atoms with Crippen molar-refractivity contribution in [3.8, 4) is 11.5 Å². The van der Waals surface area contributed by atoms with E-state index in [1.807, 2.05) is 18.2 Å². The van der Waals surface area contributed by atoms with Gasteiger partial charge < -0.3 is 19.3 Å². The van der Waals surface area contributed by atoms with E-state index < -0.39 is 0 Å². The molecule has 0 fully saturated rings. The molecule has 3 aromatic rings. The molecule has 0 atom stereocenters. The van der Waals surface area contributed by atoms with Crippen LogP contribution in [0.3, 0.4) is 0 Å². The first-order valence-corrected chi connectivity index (χ1v) is 10.6.